The molecule has 3 atom stereocenters. The van der Waals surface area contributed by atoms with Gasteiger partial charge < -0.3 is 24.5 Å². The van der Waals surface area contributed by atoms with Crippen LogP contribution in [0.3, 0.4) is 0 Å². The largest absolute Gasteiger partial charge is 0.469 e. The molecule has 170 valence electrons. The Balaban J connectivity index is 1.40. The SMILES string of the molecule is CC1CN(C(CN=C(NCCc2ccco2)NCC2CCOC2)c2cccs2)CCO1. The van der Waals surface area contributed by atoms with E-state index in [-0.39, 0.29) is 12.1 Å². The van der Waals surface area contributed by atoms with E-state index in [0.29, 0.717) is 12.5 Å². The highest BCUT2D eigenvalue weighted by atomic mass is 32.1. The fourth-order valence-corrected chi connectivity index (χ4v) is 4.94. The topological polar surface area (TPSA) is 71.3 Å². The monoisotopic (exact) mass is 446 g/mol. The smallest absolute Gasteiger partial charge is 0.191 e. The molecule has 0 spiro atoms. The first-order chi connectivity index (χ1) is 15.3. The van der Waals surface area contributed by atoms with E-state index in [1.54, 1.807) is 17.6 Å². The molecule has 0 aromatic carbocycles. The van der Waals surface area contributed by atoms with Gasteiger partial charge in [0.2, 0.25) is 0 Å². The molecular formula is C23H34N4O3S. The summed E-state index contributed by atoms with van der Waals surface area (Å²) in [5.74, 6) is 2.39. The fourth-order valence-electron chi connectivity index (χ4n) is 4.09. The number of ether oxygens (including phenoxy) is 2. The van der Waals surface area contributed by atoms with Crippen molar-refractivity contribution in [3.63, 3.8) is 0 Å². The van der Waals surface area contributed by atoms with Gasteiger partial charge in [0.05, 0.1) is 38.2 Å². The van der Waals surface area contributed by atoms with E-state index in [0.717, 1.165) is 70.6 Å². The maximum atomic E-state index is 5.77. The predicted molar refractivity (Wildman–Crippen MR) is 124 cm³/mol. The summed E-state index contributed by atoms with van der Waals surface area (Å²) in [4.78, 5) is 8.87. The van der Waals surface area contributed by atoms with Crippen LogP contribution >= 0.6 is 11.3 Å². The van der Waals surface area contributed by atoms with Gasteiger partial charge in [-0.15, -0.1) is 11.3 Å². The van der Waals surface area contributed by atoms with E-state index in [2.05, 4.69) is 40.0 Å². The molecule has 0 aliphatic carbocycles. The Hall–Kier alpha value is -1.87. The molecular weight excluding hydrogens is 412 g/mol. The zero-order valence-electron chi connectivity index (χ0n) is 18.3. The van der Waals surface area contributed by atoms with Gasteiger partial charge in [-0.2, -0.15) is 0 Å². The lowest BCUT2D eigenvalue weighted by atomic mass is 10.1. The van der Waals surface area contributed by atoms with Gasteiger partial charge in [0.25, 0.3) is 0 Å². The van der Waals surface area contributed by atoms with Crippen LogP contribution in [0.4, 0.5) is 0 Å². The van der Waals surface area contributed by atoms with Crippen LogP contribution in [0, 0.1) is 5.92 Å². The predicted octanol–water partition coefficient (Wildman–Crippen LogP) is 2.92. The van der Waals surface area contributed by atoms with Gasteiger partial charge in [-0.3, -0.25) is 9.89 Å². The summed E-state index contributed by atoms with van der Waals surface area (Å²) in [5.41, 5.74) is 0. The van der Waals surface area contributed by atoms with E-state index in [1.807, 2.05) is 12.1 Å². The van der Waals surface area contributed by atoms with E-state index in [9.17, 15) is 0 Å². The van der Waals surface area contributed by atoms with Crippen molar-refractivity contribution in [1.29, 1.82) is 0 Å². The average Bonchev–Trinajstić information content (AvgIpc) is 3.56. The van der Waals surface area contributed by atoms with Gasteiger partial charge in [-0.1, -0.05) is 6.07 Å². The third-order valence-electron chi connectivity index (χ3n) is 5.83. The summed E-state index contributed by atoms with van der Waals surface area (Å²) in [5, 5.41) is 9.18. The molecule has 0 amide bonds. The fraction of sp³-hybridized carbons (Fsp3) is 0.609. The van der Waals surface area contributed by atoms with E-state index in [4.69, 9.17) is 18.9 Å². The second-order valence-corrected chi connectivity index (χ2v) is 9.24. The van der Waals surface area contributed by atoms with Crippen LogP contribution in [0.25, 0.3) is 0 Å². The lowest BCUT2D eigenvalue weighted by molar-refractivity contribution is -0.0327. The van der Waals surface area contributed by atoms with Crippen molar-refractivity contribution in [2.75, 3.05) is 52.5 Å². The Labute approximate surface area is 188 Å². The maximum absolute atomic E-state index is 5.77. The van der Waals surface area contributed by atoms with Crippen LogP contribution in [0.5, 0.6) is 0 Å². The molecule has 2 fully saturated rings. The lowest BCUT2D eigenvalue weighted by Crippen LogP contribution is -2.45. The molecule has 2 aliphatic heterocycles. The number of nitrogens with one attached hydrogen (secondary N) is 2. The van der Waals surface area contributed by atoms with Gasteiger partial charge >= 0.3 is 0 Å². The number of aliphatic imine (C=N–C) groups is 1. The van der Waals surface area contributed by atoms with Gasteiger partial charge in [-0.05, 0) is 36.9 Å². The van der Waals surface area contributed by atoms with Gasteiger partial charge in [0.15, 0.2) is 5.96 Å². The van der Waals surface area contributed by atoms with Crippen molar-refractivity contribution in [3.8, 4) is 0 Å². The summed E-state index contributed by atoms with van der Waals surface area (Å²) >= 11 is 1.81. The molecule has 2 aromatic rings. The minimum atomic E-state index is 0.256. The Morgan fingerprint density at radius 1 is 1.29 bits per heavy atom. The molecule has 4 heterocycles. The second kappa shape index (κ2) is 11.7. The molecule has 2 N–H and O–H groups in total. The molecule has 0 radical (unpaired) electrons. The minimum Gasteiger partial charge on any atom is -0.469 e. The number of hydrogen-bond acceptors (Lipinski definition) is 6. The van der Waals surface area contributed by atoms with Crippen LogP contribution in [0.1, 0.15) is 30.0 Å². The first-order valence-electron chi connectivity index (χ1n) is 11.3. The standard InChI is InChI=1S/C23H34N4O3S/c1-18-16-27(9-12-29-18)21(22-5-3-13-31-22)15-26-23(25-14-19-7-11-28-17-19)24-8-6-20-4-2-10-30-20/h2-5,10,13,18-19,21H,6-9,11-12,14-17H2,1H3,(H2,24,25,26). The molecule has 31 heavy (non-hydrogen) atoms. The molecule has 7 nitrogen and oxygen atoms in total. The summed E-state index contributed by atoms with van der Waals surface area (Å²) in [6, 6.07) is 8.55. The van der Waals surface area contributed by atoms with E-state index >= 15 is 0 Å². The number of rotatable bonds is 9. The van der Waals surface area contributed by atoms with Gasteiger partial charge in [0, 0.05) is 50.0 Å². The minimum absolute atomic E-state index is 0.256. The first-order valence-corrected chi connectivity index (χ1v) is 12.2. The molecule has 4 rings (SSSR count). The number of hydrogen-bond donors (Lipinski definition) is 2. The number of morpholine rings is 1. The number of nitrogens with zero attached hydrogens (tertiary/aromatic N) is 2. The molecule has 8 heteroatoms. The normalized spacial score (nSPS) is 23.7. The molecule has 0 saturated carbocycles. The Morgan fingerprint density at radius 2 is 2.26 bits per heavy atom. The van der Waals surface area contributed by atoms with Crippen molar-refractivity contribution < 1.29 is 13.9 Å². The zero-order valence-corrected chi connectivity index (χ0v) is 19.1. The van der Waals surface area contributed by atoms with Gasteiger partial charge in [-0.25, -0.2) is 0 Å². The first kappa shape index (κ1) is 22.3. The summed E-state index contributed by atoms with van der Waals surface area (Å²) in [6.07, 6.45) is 3.91. The van der Waals surface area contributed by atoms with Crippen LogP contribution in [-0.4, -0.2) is 69.5 Å². The molecule has 0 bridgehead atoms. The average molecular weight is 447 g/mol. The highest BCUT2D eigenvalue weighted by Gasteiger charge is 2.26. The van der Waals surface area contributed by atoms with Crippen LogP contribution in [0.2, 0.25) is 0 Å². The molecule has 2 saturated heterocycles. The Bertz CT molecular complexity index is 775. The van der Waals surface area contributed by atoms with Crippen LogP contribution < -0.4 is 10.6 Å². The highest BCUT2D eigenvalue weighted by molar-refractivity contribution is 7.10. The van der Waals surface area contributed by atoms with Crippen molar-refractivity contribution >= 4 is 17.3 Å². The van der Waals surface area contributed by atoms with E-state index < -0.39 is 0 Å². The summed E-state index contributed by atoms with van der Waals surface area (Å²) in [6.45, 7) is 8.86. The van der Waals surface area contributed by atoms with Crippen molar-refractivity contribution in [1.82, 2.24) is 15.5 Å². The second-order valence-electron chi connectivity index (χ2n) is 8.26. The van der Waals surface area contributed by atoms with Gasteiger partial charge in [0.1, 0.15) is 5.76 Å². The van der Waals surface area contributed by atoms with Crippen LogP contribution in [0.15, 0.2) is 45.3 Å². The molecule has 2 aromatic heterocycles. The quantitative estimate of drug-likeness (QED) is 0.456. The lowest BCUT2D eigenvalue weighted by Gasteiger charge is -2.36. The number of guanidine groups is 1. The van der Waals surface area contributed by atoms with Crippen molar-refractivity contribution in [2.24, 2.45) is 10.9 Å². The Morgan fingerprint density at radius 3 is 3.00 bits per heavy atom. The zero-order chi connectivity index (χ0) is 21.3. The van der Waals surface area contributed by atoms with Crippen molar-refractivity contribution in [3.05, 3.63) is 46.5 Å². The third kappa shape index (κ3) is 6.80. The molecule has 2 aliphatic rings. The van der Waals surface area contributed by atoms with Crippen LogP contribution in [-0.2, 0) is 15.9 Å². The highest BCUT2D eigenvalue weighted by Crippen LogP contribution is 2.27. The van der Waals surface area contributed by atoms with Crippen molar-refractivity contribution in [2.45, 2.75) is 31.9 Å². The third-order valence-corrected chi connectivity index (χ3v) is 6.81. The van der Waals surface area contributed by atoms with E-state index in [1.165, 1.54) is 4.88 Å². The summed E-state index contributed by atoms with van der Waals surface area (Å²) < 4.78 is 16.8. The molecule has 3 unspecified atom stereocenters. The number of furan rings is 1. The number of thiophene rings is 1. The Kier molecular flexibility index (Phi) is 8.40. The summed E-state index contributed by atoms with van der Waals surface area (Å²) in [7, 11) is 0. The maximum Gasteiger partial charge on any atom is 0.191 e.